The molecule has 0 amide bonds. The number of nitrogens with zero attached hydrogens (tertiary/aromatic N) is 4. The van der Waals surface area contributed by atoms with E-state index in [9.17, 15) is 0 Å². The molecule has 4 nitrogen and oxygen atoms in total. The smallest absolute Gasteiger partial charge is 0.234 e. The number of hydrogen-bond acceptors (Lipinski definition) is 3. The first-order valence-electron chi connectivity index (χ1n) is 8.57. The number of imidazole rings is 1. The Bertz CT molecular complexity index is 941. The van der Waals surface area contributed by atoms with E-state index in [1.165, 1.54) is 11.1 Å². The Morgan fingerprint density at radius 1 is 0.808 bits per heavy atom. The van der Waals surface area contributed by atoms with Crippen molar-refractivity contribution in [3.05, 3.63) is 101 Å². The molecule has 0 saturated carbocycles. The molecule has 0 unspecified atom stereocenters. The molecule has 0 aliphatic heterocycles. The molecule has 0 atom stereocenters. The summed E-state index contributed by atoms with van der Waals surface area (Å²) >= 11 is 3.69. The minimum Gasteiger partial charge on any atom is -0.289 e. The minimum atomic E-state index is 0.716. The maximum Gasteiger partial charge on any atom is 0.234 e. The third kappa shape index (κ3) is 3.84. The van der Waals surface area contributed by atoms with Crippen LogP contribution in [-0.4, -0.2) is 19.3 Å². The summed E-state index contributed by atoms with van der Waals surface area (Å²) in [6.45, 7) is 2.47. The van der Waals surface area contributed by atoms with Crippen molar-refractivity contribution in [3.8, 4) is 0 Å². The second-order valence-corrected chi connectivity index (χ2v) is 7.01. The predicted molar refractivity (Wildman–Crippen MR) is 107 cm³/mol. The topological polar surface area (TPSA) is 33.4 Å². The average Bonchev–Trinajstić information content (AvgIpc) is 2.99. The molecule has 0 saturated heterocycles. The number of benzene rings is 2. The van der Waals surface area contributed by atoms with E-state index in [2.05, 4.69) is 86.5 Å². The van der Waals surface area contributed by atoms with Gasteiger partial charge >= 0.3 is 0 Å². The molecule has 0 fully saturated rings. The lowest BCUT2D eigenvalue weighted by molar-refractivity contribution is 0.244. The Labute approximate surface area is 161 Å². The molecule has 2 heterocycles. The fourth-order valence-corrected chi connectivity index (χ4v) is 3.56. The normalized spacial score (nSPS) is 11.3. The van der Waals surface area contributed by atoms with Crippen LogP contribution in [0.3, 0.4) is 0 Å². The van der Waals surface area contributed by atoms with Gasteiger partial charge in [0, 0.05) is 32.0 Å². The Kier molecular flexibility index (Phi) is 5.09. The quantitative estimate of drug-likeness (QED) is 0.465. The molecule has 0 aliphatic carbocycles. The Morgan fingerprint density at radius 2 is 1.42 bits per heavy atom. The van der Waals surface area contributed by atoms with E-state index < -0.39 is 0 Å². The van der Waals surface area contributed by atoms with Crippen LogP contribution in [-0.2, 0) is 19.6 Å². The van der Waals surface area contributed by atoms with Gasteiger partial charge in [-0.3, -0.25) is 9.30 Å². The second-order valence-electron chi connectivity index (χ2n) is 6.26. The highest BCUT2D eigenvalue weighted by Crippen LogP contribution is 2.21. The van der Waals surface area contributed by atoms with Crippen molar-refractivity contribution in [1.29, 1.82) is 0 Å². The van der Waals surface area contributed by atoms with Crippen molar-refractivity contribution >= 4 is 21.7 Å². The number of aromatic nitrogens is 3. The lowest BCUT2D eigenvalue weighted by Crippen LogP contribution is -2.22. The highest BCUT2D eigenvalue weighted by Gasteiger charge is 2.15. The van der Waals surface area contributed by atoms with Crippen LogP contribution in [0.15, 0.2) is 83.7 Å². The lowest BCUT2D eigenvalue weighted by atomic mass is 10.1. The molecular formula is C21H19BrN4. The molecule has 4 rings (SSSR count). The van der Waals surface area contributed by atoms with E-state index in [-0.39, 0.29) is 0 Å². The molecule has 4 aromatic rings. The summed E-state index contributed by atoms with van der Waals surface area (Å²) in [5.41, 5.74) is 3.58. The van der Waals surface area contributed by atoms with Crippen LogP contribution in [0.5, 0.6) is 0 Å². The van der Waals surface area contributed by atoms with Crippen LogP contribution in [0.25, 0.3) is 5.78 Å². The zero-order valence-corrected chi connectivity index (χ0v) is 15.9. The van der Waals surface area contributed by atoms with Crippen LogP contribution >= 0.6 is 15.9 Å². The Morgan fingerprint density at radius 3 is 2.00 bits per heavy atom. The Hall–Kier alpha value is -2.50. The summed E-state index contributed by atoms with van der Waals surface area (Å²) in [6, 6.07) is 23.0. The van der Waals surface area contributed by atoms with Crippen LogP contribution < -0.4 is 0 Å². The van der Waals surface area contributed by atoms with Crippen molar-refractivity contribution in [2.75, 3.05) is 0 Å². The summed E-state index contributed by atoms with van der Waals surface area (Å²) in [5.74, 6) is 0.716. The summed E-state index contributed by atoms with van der Waals surface area (Å²) < 4.78 is 2.94. The standard InChI is InChI=1S/C21H19BrN4/c22-20-19(24-21-23-12-7-13-26(20)21)16-25(14-17-8-3-1-4-9-17)15-18-10-5-2-6-11-18/h1-13H,14-16H2. The first-order chi connectivity index (χ1) is 12.8. The molecule has 0 spiro atoms. The maximum absolute atomic E-state index is 4.70. The van der Waals surface area contributed by atoms with Gasteiger partial charge in [-0.25, -0.2) is 9.97 Å². The Balaban J connectivity index is 1.62. The monoisotopic (exact) mass is 406 g/mol. The zero-order chi connectivity index (χ0) is 17.8. The van der Waals surface area contributed by atoms with Crippen molar-refractivity contribution < 1.29 is 0 Å². The van der Waals surface area contributed by atoms with Gasteiger partial charge in [0.1, 0.15) is 4.60 Å². The van der Waals surface area contributed by atoms with E-state index >= 15 is 0 Å². The van der Waals surface area contributed by atoms with Gasteiger partial charge in [-0.05, 0) is 33.1 Å². The fraction of sp³-hybridized carbons (Fsp3) is 0.143. The number of halogens is 1. The minimum absolute atomic E-state index is 0.716. The molecule has 26 heavy (non-hydrogen) atoms. The summed E-state index contributed by atoms with van der Waals surface area (Å²) in [4.78, 5) is 11.4. The largest absolute Gasteiger partial charge is 0.289 e. The molecule has 0 aliphatic rings. The van der Waals surface area contributed by atoms with Gasteiger partial charge in [-0.15, -0.1) is 0 Å². The third-order valence-corrected chi connectivity index (χ3v) is 5.12. The zero-order valence-electron chi connectivity index (χ0n) is 14.3. The van der Waals surface area contributed by atoms with Crippen molar-refractivity contribution in [3.63, 3.8) is 0 Å². The molecule has 2 aromatic heterocycles. The molecule has 130 valence electrons. The van der Waals surface area contributed by atoms with Gasteiger partial charge in [-0.2, -0.15) is 0 Å². The molecular weight excluding hydrogens is 388 g/mol. The number of hydrogen-bond donors (Lipinski definition) is 0. The molecule has 5 heteroatoms. The predicted octanol–water partition coefficient (Wildman–Crippen LogP) is 4.69. The highest BCUT2D eigenvalue weighted by atomic mass is 79.9. The summed E-state index contributed by atoms with van der Waals surface area (Å²) in [7, 11) is 0. The number of rotatable bonds is 6. The molecule has 0 radical (unpaired) electrons. The summed E-state index contributed by atoms with van der Waals surface area (Å²) in [5, 5.41) is 0. The van der Waals surface area contributed by atoms with E-state index in [0.29, 0.717) is 5.78 Å². The van der Waals surface area contributed by atoms with E-state index in [1.807, 2.05) is 16.7 Å². The fourth-order valence-electron chi connectivity index (χ4n) is 3.07. The van der Waals surface area contributed by atoms with E-state index in [4.69, 9.17) is 4.98 Å². The molecule has 0 bridgehead atoms. The van der Waals surface area contributed by atoms with Crippen molar-refractivity contribution in [1.82, 2.24) is 19.3 Å². The van der Waals surface area contributed by atoms with Crippen molar-refractivity contribution in [2.45, 2.75) is 19.6 Å². The maximum atomic E-state index is 4.70. The van der Waals surface area contributed by atoms with Gasteiger partial charge in [0.2, 0.25) is 5.78 Å². The van der Waals surface area contributed by atoms with Crippen LogP contribution in [0.1, 0.15) is 16.8 Å². The summed E-state index contributed by atoms with van der Waals surface area (Å²) in [6.07, 6.45) is 3.74. The SMILES string of the molecule is Brc1c(CN(Cc2ccccc2)Cc2ccccc2)nc2ncccn12. The average molecular weight is 407 g/mol. The first kappa shape index (κ1) is 16.9. The lowest BCUT2D eigenvalue weighted by Gasteiger charge is -2.22. The third-order valence-electron chi connectivity index (χ3n) is 4.28. The van der Waals surface area contributed by atoms with E-state index in [1.54, 1.807) is 6.20 Å². The van der Waals surface area contributed by atoms with Crippen LogP contribution in [0, 0.1) is 0 Å². The van der Waals surface area contributed by atoms with Gasteiger partial charge in [-0.1, -0.05) is 60.7 Å². The van der Waals surface area contributed by atoms with Gasteiger partial charge in [0.05, 0.1) is 5.69 Å². The van der Waals surface area contributed by atoms with Crippen molar-refractivity contribution in [2.24, 2.45) is 0 Å². The first-order valence-corrected chi connectivity index (χ1v) is 9.36. The van der Waals surface area contributed by atoms with Gasteiger partial charge in [0.15, 0.2) is 0 Å². The van der Waals surface area contributed by atoms with E-state index in [0.717, 1.165) is 29.9 Å². The van der Waals surface area contributed by atoms with Gasteiger partial charge < -0.3 is 0 Å². The second kappa shape index (κ2) is 7.81. The van der Waals surface area contributed by atoms with Crippen LogP contribution in [0.2, 0.25) is 0 Å². The van der Waals surface area contributed by atoms with Gasteiger partial charge in [0.25, 0.3) is 0 Å². The highest BCUT2D eigenvalue weighted by molar-refractivity contribution is 9.10. The number of fused-ring (bicyclic) bond motifs is 1. The van der Waals surface area contributed by atoms with Crippen LogP contribution in [0.4, 0.5) is 0 Å². The molecule has 2 aromatic carbocycles. The molecule has 0 N–H and O–H groups in total.